The molecule has 0 aliphatic heterocycles. The number of carbonyl (C=O) groups is 1. The van der Waals surface area contributed by atoms with Crippen LogP contribution in [0.15, 0.2) is 34.9 Å². The van der Waals surface area contributed by atoms with Crippen molar-refractivity contribution in [2.24, 2.45) is 0 Å². The summed E-state index contributed by atoms with van der Waals surface area (Å²) in [6, 6.07) is 9.27. The summed E-state index contributed by atoms with van der Waals surface area (Å²) < 4.78 is 10.3. The van der Waals surface area contributed by atoms with Crippen LogP contribution < -0.4 is 10.1 Å². The first kappa shape index (κ1) is 17.7. The van der Waals surface area contributed by atoms with E-state index in [9.17, 15) is 4.79 Å². The van der Waals surface area contributed by atoms with Crippen LogP contribution >= 0.6 is 0 Å². The first-order chi connectivity index (χ1) is 12.6. The van der Waals surface area contributed by atoms with E-state index in [1.807, 2.05) is 38.1 Å². The molecule has 1 amide bonds. The highest BCUT2D eigenvalue weighted by Crippen LogP contribution is 2.21. The maximum atomic E-state index is 12.3. The Morgan fingerprint density at radius 1 is 1.27 bits per heavy atom. The fraction of sp³-hybridized carbons (Fsp3) is 0.316. The van der Waals surface area contributed by atoms with Gasteiger partial charge in [-0.1, -0.05) is 5.16 Å². The second kappa shape index (κ2) is 7.86. The van der Waals surface area contributed by atoms with Gasteiger partial charge in [0.1, 0.15) is 17.2 Å². The van der Waals surface area contributed by atoms with Crippen LogP contribution in [-0.4, -0.2) is 34.9 Å². The van der Waals surface area contributed by atoms with Crippen molar-refractivity contribution in [1.29, 1.82) is 0 Å². The van der Waals surface area contributed by atoms with E-state index < -0.39 is 0 Å². The van der Waals surface area contributed by atoms with Crippen LogP contribution in [0.3, 0.4) is 0 Å². The molecule has 0 radical (unpaired) electrons. The third-order valence-corrected chi connectivity index (χ3v) is 4.28. The Bertz CT molecular complexity index is 861. The van der Waals surface area contributed by atoms with Crippen molar-refractivity contribution in [3.8, 4) is 17.0 Å². The number of amides is 1. The maximum Gasteiger partial charge on any atom is 0.269 e. The lowest BCUT2D eigenvalue weighted by Crippen LogP contribution is -2.25. The molecule has 2 aromatic heterocycles. The number of nitrogens with one attached hydrogen (secondary N) is 2. The van der Waals surface area contributed by atoms with Crippen molar-refractivity contribution in [1.82, 2.24) is 20.7 Å². The van der Waals surface area contributed by atoms with Crippen molar-refractivity contribution in [3.05, 3.63) is 53.0 Å². The molecule has 136 valence electrons. The Balaban J connectivity index is 1.53. The average Bonchev–Trinajstić information content (AvgIpc) is 3.27. The molecule has 7 heteroatoms. The molecule has 2 N–H and O–H groups in total. The van der Waals surface area contributed by atoms with Crippen molar-refractivity contribution in [2.45, 2.75) is 26.7 Å². The van der Waals surface area contributed by atoms with Gasteiger partial charge >= 0.3 is 0 Å². The molecule has 2 heterocycles. The number of carbonyl (C=O) groups excluding carboxylic acids is 1. The van der Waals surface area contributed by atoms with E-state index in [2.05, 4.69) is 20.7 Å². The Morgan fingerprint density at radius 3 is 2.69 bits per heavy atom. The highest BCUT2D eigenvalue weighted by atomic mass is 16.5. The first-order valence-electron chi connectivity index (χ1n) is 8.48. The summed E-state index contributed by atoms with van der Waals surface area (Å²) in [4.78, 5) is 12.3. The van der Waals surface area contributed by atoms with Crippen LogP contribution in [-0.2, 0) is 6.42 Å². The molecule has 7 nitrogen and oxygen atoms in total. The quantitative estimate of drug-likeness (QED) is 0.636. The molecule has 0 aliphatic rings. The van der Waals surface area contributed by atoms with E-state index in [-0.39, 0.29) is 5.91 Å². The minimum Gasteiger partial charge on any atom is -0.497 e. The molecular weight excluding hydrogens is 332 g/mol. The summed E-state index contributed by atoms with van der Waals surface area (Å²) in [5.74, 6) is 1.45. The fourth-order valence-corrected chi connectivity index (χ4v) is 2.77. The zero-order chi connectivity index (χ0) is 18.5. The number of hydrogen-bond donors (Lipinski definition) is 2. The molecule has 0 saturated carbocycles. The monoisotopic (exact) mass is 354 g/mol. The topological polar surface area (TPSA) is 93.0 Å². The van der Waals surface area contributed by atoms with Crippen LogP contribution in [0.5, 0.6) is 5.75 Å². The Morgan fingerprint density at radius 2 is 2.04 bits per heavy atom. The molecule has 0 saturated heterocycles. The Kier molecular flexibility index (Phi) is 5.36. The predicted molar refractivity (Wildman–Crippen MR) is 97.2 cm³/mol. The van der Waals surface area contributed by atoms with Gasteiger partial charge in [0.2, 0.25) is 0 Å². The summed E-state index contributed by atoms with van der Waals surface area (Å²) in [5.41, 5.74) is 4.09. The van der Waals surface area contributed by atoms with Gasteiger partial charge in [-0.25, -0.2) is 0 Å². The van der Waals surface area contributed by atoms with Crippen molar-refractivity contribution in [3.63, 3.8) is 0 Å². The van der Waals surface area contributed by atoms with Gasteiger partial charge in [-0.05, 0) is 57.0 Å². The van der Waals surface area contributed by atoms with E-state index >= 15 is 0 Å². The van der Waals surface area contributed by atoms with Crippen LogP contribution in [0.1, 0.15) is 33.9 Å². The number of benzene rings is 1. The number of aromatic amines is 1. The first-order valence-corrected chi connectivity index (χ1v) is 8.48. The third kappa shape index (κ3) is 3.93. The van der Waals surface area contributed by atoms with Gasteiger partial charge in [0.15, 0.2) is 0 Å². The molecule has 0 aliphatic carbocycles. The molecule has 26 heavy (non-hydrogen) atoms. The lowest BCUT2D eigenvalue weighted by atomic mass is 10.1. The van der Waals surface area contributed by atoms with Gasteiger partial charge in [-0.15, -0.1) is 0 Å². The van der Waals surface area contributed by atoms with Gasteiger partial charge < -0.3 is 14.6 Å². The summed E-state index contributed by atoms with van der Waals surface area (Å²) in [5, 5.41) is 13.8. The lowest BCUT2D eigenvalue weighted by Gasteiger charge is -2.03. The molecule has 0 unspecified atom stereocenters. The van der Waals surface area contributed by atoms with Gasteiger partial charge in [0.25, 0.3) is 5.91 Å². The van der Waals surface area contributed by atoms with E-state index in [0.717, 1.165) is 41.2 Å². The fourth-order valence-electron chi connectivity index (χ4n) is 2.77. The molecule has 0 fully saturated rings. The summed E-state index contributed by atoms with van der Waals surface area (Å²) in [7, 11) is 1.62. The number of H-pyrrole nitrogens is 1. The number of hydrogen-bond acceptors (Lipinski definition) is 5. The standard InChI is InChI=1S/C19H22N4O3/c1-12-16(13(2)26-23-12)5-4-10-20-19(24)18-11-17(21-22-18)14-6-8-15(25-3)9-7-14/h6-9,11H,4-5,10H2,1-3H3,(H,20,24)(H,21,22). The molecule has 3 aromatic rings. The number of nitrogens with zero attached hydrogens (tertiary/aromatic N) is 2. The predicted octanol–water partition coefficient (Wildman–Crippen LogP) is 3.05. The molecule has 0 atom stereocenters. The molecule has 3 rings (SSSR count). The number of aromatic nitrogens is 3. The number of methoxy groups -OCH3 is 1. The van der Waals surface area contributed by atoms with Crippen molar-refractivity contribution < 1.29 is 14.1 Å². The largest absolute Gasteiger partial charge is 0.497 e. The zero-order valence-electron chi connectivity index (χ0n) is 15.1. The summed E-state index contributed by atoms with van der Waals surface area (Å²) >= 11 is 0. The second-order valence-electron chi connectivity index (χ2n) is 6.06. The Hall–Kier alpha value is -3.09. The molecule has 0 bridgehead atoms. The van der Waals surface area contributed by atoms with Gasteiger partial charge in [0.05, 0.1) is 18.5 Å². The van der Waals surface area contributed by atoms with Crippen LogP contribution in [0.2, 0.25) is 0 Å². The maximum absolute atomic E-state index is 12.3. The second-order valence-corrected chi connectivity index (χ2v) is 6.06. The highest BCUT2D eigenvalue weighted by molar-refractivity contribution is 5.93. The summed E-state index contributed by atoms with van der Waals surface area (Å²) in [6.07, 6.45) is 1.63. The van der Waals surface area contributed by atoms with Crippen LogP contribution in [0.25, 0.3) is 11.3 Å². The van der Waals surface area contributed by atoms with E-state index in [0.29, 0.717) is 17.9 Å². The SMILES string of the molecule is COc1ccc(-c2cc(C(=O)NCCCc3c(C)noc3C)[nH]n2)cc1. The summed E-state index contributed by atoms with van der Waals surface area (Å²) in [6.45, 7) is 4.40. The minimum absolute atomic E-state index is 0.170. The minimum atomic E-state index is -0.170. The van der Waals surface area contributed by atoms with Gasteiger partial charge in [-0.2, -0.15) is 5.10 Å². The molecular formula is C19H22N4O3. The Labute approximate surface area is 151 Å². The lowest BCUT2D eigenvalue weighted by molar-refractivity contribution is 0.0948. The average molecular weight is 354 g/mol. The van der Waals surface area contributed by atoms with Crippen LogP contribution in [0, 0.1) is 13.8 Å². The van der Waals surface area contributed by atoms with Gasteiger partial charge in [0, 0.05) is 17.7 Å². The van der Waals surface area contributed by atoms with E-state index in [4.69, 9.17) is 9.26 Å². The van der Waals surface area contributed by atoms with Gasteiger partial charge in [-0.3, -0.25) is 9.89 Å². The normalized spacial score (nSPS) is 10.7. The van der Waals surface area contributed by atoms with E-state index in [1.165, 1.54) is 0 Å². The van der Waals surface area contributed by atoms with E-state index in [1.54, 1.807) is 13.2 Å². The van der Waals surface area contributed by atoms with Crippen molar-refractivity contribution >= 4 is 5.91 Å². The third-order valence-electron chi connectivity index (χ3n) is 4.28. The van der Waals surface area contributed by atoms with Crippen molar-refractivity contribution in [2.75, 3.05) is 13.7 Å². The number of rotatable bonds is 7. The smallest absolute Gasteiger partial charge is 0.269 e. The number of ether oxygens (including phenoxy) is 1. The molecule has 1 aromatic carbocycles. The van der Waals surface area contributed by atoms with Crippen LogP contribution in [0.4, 0.5) is 0 Å². The molecule has 0 spiro atoms. The highest BCUT2D eigenvalue weighted by Gasteiger charge is 2.12. The number of aryl methyl sites for hydroxylation is 2. The zero-order valence-corrected chi connectivity index (χ0v) is 15.1.